The van der Waals surface area contributed by atoms with E-state index < -0.39 is 24.3 Å². The van der Waals surface area contributed by atoms with Crippen molar-refractivity contribution in [2.24, 2.45) is 0 Å². The highest BCUT2D eigenvalue weighted by Gasteiger charge is 2.24. The topological polar surface area (TPSA) is 97.4 Å². The Labute approximate surface area is 267 Å². The van der Waals surface area contributed by atoms with E-state index in [9.17, 15) is 14.4 Å². The molecule has 0 N–H and O–H groups in total. The third-order valence-corrected chi connectivity index (χ3v) is 6.92. The number of esters is 2. The zero-order chi connectivity index (χ0) is 32.3. The third-order valence-electron chi connectivity index (χ3n) is 6.92. The number of ketones is 1. The van der Waals surface area contributed by atoms with Gasteiger partial charge in [-0.2, -0.15) is 0 Å². The first kappa shape index (κ1) is 31.5. The second-order valence-corrected chi connectivity index (χ2v) is 10.3. The molecule has 0 radical (unpaired) electrons. The van der Waals surface area contributed by atoms with Crippen LogP contribution in [0.5, 0.6) is 23.0 Å². The van der Waals surface area contributed by atoms with Crippen LogP contribution in [-0.2, 0) is 18.0 Å². The molecule has 0 aliphatic carbocycles. The molecule has 0 aliphatic heterocycles. The lowest BCUT2D eigenvalue weighted by Crippen LogP contribution is -2.18. The van der Waals surface area contributed by atoms with Crippen LogP contribution in [0.3, 0.4) is 0 Å². The summed E-state index contributed by atoms with van der Waals surface area (Å²) in [5.41, 5.74) is 3.23. The maximum atomic E-state index is 13.3. The Kier molecular flexibility index (Phi) is 10.4. The van der Waals surface area contributed by atoms with Gasteiger partial charge < -0.3 is 23.7 Å². The molecule has 5 rings (SSSR count). The van der Waals surface area contributed by atoms with E-state index in [-0.39, 0.29) is 28.2 Å². The van der Waals surface area contributed by atoms with Gasteiger partial charge in [0.05, 0.1) is 18.2 Å². The summed E-state index contributed by atoms with van der Waals surface area (Å²) in [5, 5.41) is 0. The normalized spacial score (nSPS) is 10.5. The molecule has 0 unspecified atom stereocenters. The van der Waals surface area contributed by atoms with Gasteiger partial charge in [0.25, 0.3) is 0 Å². The van der Waals surface area contributed by atoms with Crippen molar-refractivity contribution < 1.29 is 38.1 Å². The molecule has 0 aromatic heterocycles. The van der Waals surface area contributed by atoms with Gasteiger partial charge in [-0.05, 0) is 84.3 Å². The van der Waals surface area contributed by atoms with E-state index in [0.29, 0.717) is 30.3 Å². The number of carbonyl (C=O) groups excluding carboxylic acids is 3. The predicted octanol–water partition coefficient (Wildman–Crippen LogP) is 7.42. The quantitative estimate of drug-likeness (QED) is 0.0766. The average Bonchev–Trinajstić information content (AvgIpc) is 3.09. The highest BCUT2D eigenvalue weighted by atomic mass is 16.5. The second kappa shape index (κ2) is 15.2. The summed E-state index contributed by atoms with van der Waals surface area (Å²) in [6.45, 7) is 1.96. The van der Waals surface area contributed by atoms with Gasteiger partial charge in [0, 0.05) is 0 Å². The fourth-order valence-corrected chi connectivity index (χ4v) is 4.54. The average molecular weight is 617 g/mol. The van der Waals surface area contributed by atoms with Gasteiger partial charge in [0.15, 0.2) is 6.61 Å². The van der Waals surface area contributed by atoms with Gasteiger partial charge in [0.2, 0.25) is 5.78 Å². The number of aryl methyl sites for hydroxylation is 1. The molecule has 0 fully saturated rings. The molecule has 5 aromatic rings. The molecule has 0 aliphatic rings. The monoisotopic (exact) mass is 616 g/mol. The van der Waals surface area contributed by atoms with Crippen LogP contribution in [0.1, 0.15) is 47.8 Å². The number of Topliss-reactive ketones (excluding diaryl/α,β-unsaturated/α-hetero) is 1. The minimum Gasteiger partial charge on any atom is -0.496 e. The molecular formula is C38H32O8. The Morgan fingerprint density at radius 2 is 1.07 bits per heavy atom. The summed E-state index contributed by atoms with van der Waals surface area (Å²) >= 11 is 0. The van der Waals surface area contributed by atoms with Crippen LogP contribution in [0.4, 0.5) is 0 Å². The van der Waals surface area contributed by atoms with Crippen molar-refractivity contribution in [1.82, 2.24) is 0 Å². The van der Waals surface area contributed by atoms with Crippen LogP contribution in [0.2, 0.25) is 0 Å². The standard InChI is InChI=1S/C38H32O8/c1-26-21-34(42-2)36(33(39)25-45-37(40)29-13-17-31(18-14-29)43-23-27-9-5-3-6-10-27)35(22-26)46-38(41)30-15-19-32(20-16-30)44-24-28-11-7-4-8-12-28/h3-22H,23-25H2,1-2H3. The molecular weight excluding hydrogens is 584 g/mol. The van der Waals surface area contributed by atoms with E-state index in [4.69, 9.17) is 23.7 Å². The maximum absolute atomic E-state index is 13.3. The van der Waals surface area contributed by atoms with E-state index in [2.05, 4.69) is 0 Å². The molecule has 0 amide bonds. The van der Waals surface area contributed by atoms with Crippen LogP contribution in [-0.4, -0.2) is 31.4 Å². The Bertz CT molecular complexity index is 1780. The fourth-order valence-electron chi connectivity index (χ4n) is 4.54. The number of rotatable bonds is 13. The van der Waals surface area contributed by atoms with E-state index in [0.717, 1.165) is 11.1 Å². The van der Waals surface area contributed by atoms with Gasteiger partial charge in [0.1, 0.15) is 41.8 Å². The molecule has 232 valence electrons. The number of methoxy groups -OCH3 is 1. The van der Waals surface area contributed by atoms with Crippen molar-refractivity contribution in [2.45, 2.75) is 20.1 Å². The summed E-state index contributed by atoms with van der Waals surface area (Å²) in [6.07, 6.45) is 0. The van der Waals surface area contributed by atoms with Crippen LogP contribution in [0.15, 0.2) is 121 Å². The molecule has 0 saturated heterocycles. The van der Waals surface area contributed by atoms with Crippen LogP contribution >= 0.6 is 0 Å². The first-order valence-corrected chi connectivity index (χ1v) is 14.5. The van der Waals surface area contributed by atoms with E-state index in [1.165, 1.54) is 7.11 Å². The van der Waals surface area contributed by atoms with Gasteiger partial charge in [-0.3, -0.25) is 4.79 Å². The zero-order valence-corrected chi connectivity index (χ0v) is 25.4. The first-order chi connectivity index (χ1) is 22.4. The lowest BCUT2D eigenvalue weighted by Gasteiger charge is -2.15. The van der Waals surface area contributed by atoms with Gasteiger partial charge >= 0.3 is 11.9 Å². The largest absolute Gasteiger partial charge is 0.496 e. The fraction of sp³-hybridized carbons (Fsp3) is 0.132. The van der Waals surface area contributed by atoms with Gasteiger partial charge in [-0.25, -0.2) is 9.59 Å². The van der Waals surface area contributed by atoms with Crippen LogP contribution in [0, 0.1) is 6.92 Å². The molecule has 0 spiro atoms. The zero-order valence-electron chi connectivity index (χ0n) is 25.4. The summed E-state index contributed by atoms with van der Waals surface area (Å²) in [7, 11) is 1.40. The van der Waals surface area contributed by atoms with Crippen molar-refractivity contribution in [3.63, 3.8) is 0 Å². The molecule has 8 heteroatoms. The van der Waals surface area contributed by atoms with Crippen LogP contribution < -0.4 is 18.9 Å². The van der Waals surface area contributed by atoms with E-state index in [1.807, 2.05) is 60.7 Å². The molecule has 0 bridgehead atoms. The summed E-state index contributed by atoms with van der Waals surface area (Å²) in [6, 6.07) is 35.6. The highest BCUT2D eigenvalue weighted by molar-refractivity contribution is 6.05. The summed E-state index contributed by atoms with van der Waals surface area (Å²) in [4.78, 5) is 39.2. The summed E-state index contributed by atoms with van der Waals surface area (Å²) in [5.74, 6) is -0.613. The third kappa shape index (κ3) is 8.39. The van der Waals surface area contributed by atoms with E-state index in [1.54, 1.807) is 67.6 Å². The van der Waals surface area contributed by atoms with Crippen molar-refractivity contribution in [1.29, 1.82) is 0 Å². The molecule has 46 heavy (non-hydrogen) atoms. The Hall–Kier alpha value is -5.89. The highest BCUT2D eigenvalue weighted by Crippen LogP contribution is 2.32. The maximum Gasteiger partial charge on any atom is 0.343 e. The van der Waals surface area contributed by atoms with Crippen LogP contribution in [0.25, 0.3) is 0 Å². The van der Waals surface area contributed by atoms with Crippen molar-refractivity contribution >= 4 is 17.7 Å². The lowest BCUT2D eigenvalue weighted by molar-refractivity contribution is 0.0471. The molecule has 5 aromatic carbocycles. The number of hydrogen-bond donors (Lipinski definition) is 0. The second-order valence-electron chi connectivity index (χ2n) is 10.3. The first-order valence-electron chi connectivity index (χ1n) is 14.5. The Morgan fingerprint density at radius 1 is 0.587 bits per heavy atom. The number of ether oxygens (including phenoxy) is 5. The Morgan fingerprint density at radius 3 is 1.57 bits per heavy atom. The van der Waals surface area contributed by atoms with Gasteiger partial charge in [-0.1, -0.05) is 60.7 Å². The number of benzene rings is 5. The Balaban J connectivity index is 1.21. The molecule has 0 saturated carbocycles. The van der Waals surface area contributed by atoms with Crippen molar-refractivity contribution in [2.75, 3.05) is 13.7 Å². The minimum absolute atomic E-state index is 0.00720. The minimum atomic E-state index is -0.692. The number of hydrogen-bond acceptors (Lipinski definition) is 8. The predicted molar refractivity (Wildman–Crippen MR) is 172 cm³/mol. The van der Waals surface area contributed by atoms with E-state index >= 15 is 0 Å². The van der Waals surface area contributed by atoms with Gasteiger partial charge in [-0.15, -0.1) is 0 Å². The van der Waals surface area contributed by atoms with Crippen molar-refractivity contribution in [3.8, 4) is 23.0 Å². The molecule has 8 nitrogen and oxygen atoms in total. The molecule has 0 atom stereocenters. The lowest BCUT2D eigenvalue weighted by atomic mass is 10.1. The SMILES string of the molecule is COc1cc(C)cc(OC(=O)c2ccc(OCc3ccccc3)cc2)c1C(=O)COC(=O)c1ccc(OCc2ccccc2)cc1. The smallest absolute Gasteiger partial charge is 0.343 e. The molecule has 0 heterocycles. The number of carbonyl (C=O) groups is 3. The van der Waals surface area contributed by atoms with Crippen molar-refractivity contribution in [3.05, 3.63) is 155 Å². The summed E-state index contributed by atoms with van der Waals surface area (Å²) < 4.78 is 28.0.